The Labute approximate surface area is 594 Å². The van der Waals surface area contributed by atoms with Crippen molar-refractivity contribution in [3.63, 3.8) is 0 Å². The van der Waals surface area contributed by atoms with Crippen molar-refractivity contribution in [3.05, 3.63) is 288 Å². The molecule has 0 atom stereocenters. The molecule has 4 heteroatoms. The van der Waals surface area contributed by atoms with Gasteiger partial charge in [-0.1, -0.05) is 279 Å². The summed E-state index contributed by atoms with van der Waals surface area (Å²) >= 11 is 0. The van der Waals surface area contributed by atoms with Crippen LogP contribution >= 0.6 is 0 Å². The van der Waals surface area contributed by atoms with Crippen LogP contribution in [0.2, 0.25) is 0 Å². The number of para-hydroxylation sites is 1. The van der Waals surface area contributed by atoms with Crippen LogP contribution in [0.1, 0.15) is 156 Å². The monoisotopic (exact) mass is 1300 g/mol. The number of aromatic nitrogens is 1. The molecule has 0 bridgehead atoms. The molecule has 0 saturated heterocycles. The average molecular weight is 1300 g/mol. The van der Waals surface area contributed by atoms with Crippen LogP contribution in [-0.4, -0.2) is 11.3 Å². The van der Waals surface area contributed by atoms with Crippen LogP contribution in [-0.2, 0) is 32.5 Å². The standard InChI is InChI=1S/C96H92BN3/c1-91(2,3)71-36-24-62(25-37-71)69-35-49-86-83(57-69)97-82-47-44-75(100-84-23-19-18-22-76(84)77-54-66(34-48-85(77)100)61-20-16-15-17-21-61)60-87(82)99(74-42-30-64(31-43-74)68-33-46-79-81(56-68)96(13,14)53-51-94(79,9)10)89-59-70(65-26-38-72(39-27-65)92(4,5)6)58-88(90(89)97)98(86)73-40-28-63(29-41-73)67-32-45-78-80(55-67)95(11,12)52-50-93(78,7)8/h15-49,54-60H,50-53H2,1-14H3. The van der Waals surface area contributed by atoms with Crippen LogP contribution in [0.4, 0.5) is 34.1 Å². The summed E-state index contributed by atoms with van der Waals surface area (Å²) in [6, 6.07) is 99.2. The Morgan fingerprint density at radius 1 is 0.280 bits per heavy atom. The lowest BCUT2D eigenvalue weighted by Crippen LogP contribution is -2.61. The molecule has 0 radical (unpaired) electrons. The van der Waals surface area contributed by atoms with Gasteiger partial charge in [0.15, 0.2) is 0 Å². The molecule has 17 rings (SSSR count). The molecule has 0 fully saturated rings. The molecule has 12 aromatic carbocycles. The molecule has 2 aliphatic carbocycles. The summed E-state index contributed by atoms with van der Waals surface area (Å²) in [5.74, 6) is 0. The highest BCUT2D eigenvalue weighted by molar-refractivity contribution is 7.00. The lowest BCUT2D eigenvalue weighted by atomic mass is 9.33. The summed E-state index contributed by atoms with van der Waals surface area (Å²) < 4.78 is 2.51. The van der Waals surface area contributed by atoms with E-state index in [4.69, 9.17) is 0 Å². The molecule has 1 aromatic heterocycles. The van der Waals surface area contributed by atoms with Crippen LogP contribution in [0.15, 0.2) is 255 Å². The largest absolute Gasteiger partial charge is 0.311 e. The minimum Gasteiger partial charge on any atom is -0.311 e. The van der Waals surface area contributed by atoms with Crippen molar-refractivity contribution in [1.29, 1.82) is 0 Å². The van der Waals surface area contributed by atoms with Gasteiger partial charge in [-0.15, -0.1) is 0 Å². The summed E-state index contributed by atoms with van der Waals surface area (Å²) in [6.07, 6.45) is 4.74. The maximum Gasteiger partial charge on any atom is 0.252 e. The van der Waals surface area contributed by atoms with Gasteiger partial charge in [0.1, 0.15) is 0 Å². The van der Waals surface area contributed by atoms with E-state index < -0.39 is 0 Å². The van der Waals surface area contributed by atoms with Crippen LogP contribution in [0.3, 0.4) is 0 Å². The summed E-state index contributed by atoms with van der Waals surface area (Å²) in [6.45, 7) is 33.2. The zero-order valence-corrected chi connectivity index (χ0v) is 61.0. The quantitative estimate of drug-likeness (QED) is 0.141. The number of benzene rings is 12. The molecule has 100 heavy (non-hydrogen) atoms. The van der Waals surface area contributed by atoms with Crippen LogP contribution in [0, 0.1) is 0 Å². The van der Waals surface area contributed by atoms with Gasteiger partial charge in [0.25, 0.3) is 6.71 Å². The fraction of sp³-hybridized carbons (Fsp3) is 0.250. The fourth-order valence-electron chi connectivity index (χ4n) is 17.6. The number of anilines is 6. The van der Waals surface area contributed by atoms with E-state index in [0.717, 1.165) is 17.1 Å². The molecule has 0 N–H and O–H groups in total. The van der Waals surface area contributed by atoms with Gasteiger partial charge in [-0.2, -0.15) is 0 Å². The van der Waals surface area contributed by atoms with Crippen molar-refractivity contribution in [2.75, 3.05) is 9.80 Å². The molecule has 13 aromatic rings. The van der Waals surface area contributed by atoms with E-state index >= 15 is 0 Å². The summed E-state index contributed by atoms with van der Waals surface area (Å²) in [4.78, 5) is 5.23. The van der Waals surface area contributed by atoms with Gasteiger partial charge < -0.3 is 14.4 Å². The Bertz CT molecular complexity index is 5410. The molecule has 3 heterocycles. The van der Waals surface area contributed by atoms with Gasteiger partial charge in [-0.25, -0.2) is 0 Å². The predicted octanol–water partition coefficient (Wildman–Crippen LogP) is 24.5. The van der Waals surface area contributed by atoms with Gasteiger partial charge >= 0.3 is 0 Å². The first-order valence-electron chi connectivity index (χ1n) is 36.7. The third-order valence-electron chi connectivity index (χ3n) is 23.9. The lowest BCUT2D eigenvalue weighted by Gasteiger charge is -2.45. The topological polar surface area (TPSA) is 11.4 Å². The smallest absolute Gasteiger partial charge is 0.252 e. The van der Waals surface area contributed by atoms with Crippen molar-refractivity contribution >= 4 is 79.0 Å². The molecule has 3 nitrogen and oxygen atoms in total. The highest BCUT2D eigenvalue weighted by atomic mass is 15.2. The maximum atomic E-state index is 2.63. The third-order valence-corrected chi connectivity index (χ3v) is 23.9. The van der Waals surface area contributed by atoms with Gasteiger partial charge in [0, 0.05) is 50.6 Å². The highest BCUT2D eigenvalue weighted by Crippen LogP contribution is 2.52. The molecule has 494 valence electrons. The number of nitrogens with zero attached hydrogens (tertiary/aromatic N) is 3. The van der Waals surface area contributed by atoms with E-state index in [1.54, 1.807) is 0 Å². The zero-order chi connectivity index (χ0) is 69.2. The minimum atomic E-state index is -0.140. The SMILES string of the molecule is CC(C)(C)c1ccc(-c2ccc3c(c2)B2c4ccc(-n5c6ccccc6c6cc(-c7ccccc7)ccc65)cc4N(c4ccc(-c5ccc6c(c5)C(C)(C)CCC6(C)C)cc4)c4cc(-c5ccc(C(C)(C)C)cc5)cc(c42)N3c2ccc(-c3ccc4c(c3)C(C)(C)CCC4(C)C)cc2)cc1. The number of fused-ring (bicyclic) bond motifs is 9. The molecule has 0 amide bonds. The van der Waals surface area contributed by atoms with Gasteiger partial charge in [-0.05, 0) is 236 Å². The van der Waals surface area contributed by atoms with Crippen molar-refractivity contribution in [3.8, 4) is 61.3 Å². The van der Waals surface area contributed by atoms with Crippen molar-refractivity contribution in [2.24, 2.45) is 0 Å². The number of hydrogen-bond donors (Lipinski definition) is 0. The molecule has 4 aliphatic rings. The maximum absolute atomic E-state index is 2.63. The first kappa shape index (κ1) is 63.5. The molecule has 2 aliphatic heterocycles. The Morgan fingerprint density at radius 2 is 0.680 bits per heavy atom. The van der Waals surface area contributed by atoms with Crippen molar-refractivity contribution in [2.45, 2.75) is 155 Å². The third kappa shape index (κ3) is 10.5. The van der Waals surface area contributed by atoms with Gasteiger partial charge in [0.2, 0.25) is 0 Å². The van der Waals surface area contributed by atoms with Crippen molar-refractivity contribution < 1.29 is 0 Å². The Hall–Kier alpha value is -9.90. The van der Waals surface area contributed by atoms with E-state index in [0.29, 0.717) is 0 Å². The van der Waals surface area contributed by atoms with Gasteiger partial charge in [0.05, 0.1) is 11.0 Å². The van der Waals surface area contributed by atoms with Crippen LogP contribution in [0.25, 0.3) is 83.1 Å². The fourth-order valence-corrected chi connectivity index (χ4v) is 17.6. The molecule has 0 unspecified atom stereocenters. The first-order chi connectivity index (χ1) is 47.8. The molecule has 0 saturated carbocycles. The second-order valence-electron chi connectivity index (χ2n) is 34.3. The molecular formula is C96H92BN3. The molecular weight excluding hydrogens is 1210 g/mol. The zero-order valence-electron chi connectivity index (χ0n) is 61.0. The van der Waals surface area contributed by atoms with E-state index in [2.05, 4.69) is 366 Å². The van der Waals surface area contributed by atoms with E-state index in [-0.39, 0.29) is 39.2 Å². The minimum absolute atomic E-state index is 0.00350. The lowest BCUT2D eigenvalue weighted by molar-refractivity contribution is 0.332. The van der Waals surface area contributed by atoms with Crippen molar-refractivity contribution in [1.82, 2.24) is 4.57 Å². The summed E-state index contributed by atoms with van der Waals surface area (Å²) in [7, 11) is 0. The average Bonchev–Trinajstić information content (AvgIpc) is 0.717. The second kappa shape index (κ2) is 22.8. The number of hydrogen-bond acceptors (Lipinski definition) is 2. The Kier molecular flexibility index (Phi) is 14.5. The van der Waals surface area contributed by atoms with Crippen LogP contribution < -0.4 is 26.2 Å². The summed E-state index contributed by atoms with van der Waals surface area (Å²) in [5.41, 5.74) is 35.5. The summed E-state index contributed by atoms with van der Waals surface area (Å²) in [5, 5.41) is 2.47. The second-order valence-corrected chi connectivity index (χ2v) is 34.3. The van der Waals surface area contributed by atoms with Crippen LogP contribution in [0.5, 0.6) is 0 Å². The van der Waals surface area contributed by atoms with E-state index in [1.807, 2.05) is 0 Å². The van der Waals surface area contributed by atoms with E-state index in [9.17, 15) is 0 Å². The Balaban J connectivity index is 0.916. The number of rotatable bonds is 8. The highest BCUT2D eigenvalue weighted by Gasteiger charge is 2.45. The van der Waals surface area contributed by atoms with Gasteiger partial charge in [-0.3, -0.25) is 0 Å². The Morgan fingerprint density at radius 3 is 1.21 bits per heavy atom. The van der Waals surface area contributed by atoms with E-state index in [1.165, 1.54) is 176 Å². The normalized spacial score (nSPS) is 16.2. The molecule has 0 spiro atoms. The first-order valence-corrected chi connectivity index (χ1v) is 36.7. The predicted molar refractivity (Wildman–Crippen MR) is 430 cm³/mol.